The number of hydrogen-bond acceptors (Lipinski definition) is 1. The number of nitrogens with one attached hydrogen (secondary N) is 1. The van der Waals surface area contributed by atoms with Gasteiger partial charge in [0.05, 0.1) is 19.1 Å². The molecule has 104 valence electrons. The molecule has 0 aromatic carbocycles. The van der Waals surface area contributed by atoms with E-state index in [2.05, 4.69) is 13.8 Å². The van der Waals surface area contributed by atoms with E-state index in [1.54, 1.807) is 0 Å². The number of likely N-dealkylation sites (tertiary alicyclic amines) is 1. The maximum atomic E-state index is 2.18. The van der Waals surface area contributed by atoms with Gasteiger partial charge in [-0.3, -0.25) is 0 Å². The lowest BCUT2D eigenvalue weighted by molar-refractivity contribution is -0.931. The Bertz CT molecular complexity index is 131. The minimum atomic E-state index is 0. The third kappa shape index (κ3) is 7.05. The molecule has 1 heterocycles. The average molecular weight is 243 g/mol. The molecule has 2 nitrogen and oxygen atoms in total. The van der Waals surface area contributed by atoms with Crippen molar-refractivity contribution < 1.29 is 10.4 Å². The molecule has 0 aromatic rings. The van der Waals surface area contributed by atoms with Crippen LogP contribution in [0.15, 0.2) is 0 Å². The molecule has 1 saturated carbocycles. The van der Waals surface area contributed by atoms with E-state index in [4.69, 9.17) is 0 Å². The summed E-state index contributed by atoms with van der Waals surface area (Å²) in [6, 6.07) is 1.05. The maximum absolute atomic E-state index is 2.18. The molecule has 0 unspecified atom stereocenters. The highest BCUT2D eigenvalue weighted by Gasteiger charge is 2.25. The molecule has 1 aliphatic carbocycles. The van der Waals surface area contributed by atoms with Crippen molar-refractivity contribution in [2.45, 2.75) is 84.1 Å². The Morgan fingerprint density at radius 3 is 1.71 bits per heavy atom. The monoisotopic (exact) mass is 243 g/mol. The predicted molar refractivity (Wildman–Crippen MR) is 73.9 cm³/mol. The lowest BCUT2D eigenvalue weighted by Crippen LogP contribution is -3.16. The van der Waals surface area contributed by atoms with Crippen LogP contribution in [0.4, 0.5) is 0 Å². The fourth-order valence-corrected chi connectivity index (χ4v) is 2.92. The molecular weight excluding hydrogens is 210 g/mol. The maximum Gasteiger partial charge on any atom is 0.0874 e. The first kappa shape index (κ1) is 16.9. The van der Waals surface area contributed by atoms with E-state index in [9.17, 15) is 0 Å². The van der Waals surface area contributed by atoms with Gasteiger partial charge in [0.25, 0.3) is 0 Å². The lowest BCUT2D eigenvalue weighted by atomic mass is 9.93. The summed E-state index contributed by atoms with van der Waals surface area (Å²) in [5, 5.41) is 0. The largest absolute Gasteiger partial charge is 0.870 e. The molecule has 1 aliphatic heterocycles. The van der Waals surface area contributed by atoms with Crippen molar-refractivity contribution in [2.24, 2.45) is 0 Å². The predicted octanol–water partition coefficient (Wildman–Crippen LogP) is 3.02. The smallest absolute Gasteiger partial charge is 0.0874 e. The molecule has 1 saturated heterocycles. The van der Waals surface area contributed by atoms with E-state index < -0.39 is 0 Å². The van der Waals surface area contributed by atoms with Crippen molar-refractivity contribution in [1.29, 1.82) is 0 Å². The Morgan fingerprint density at radius 2 is 1.24 bits per heavy atom. The minimum Gasteiger partial charge on any atom is -0.870 e. The summed E-state index contributed by atoms with van der Waals surface area (Å²) >= 11 is 0. The summed E-state index contributed by atoms with van der Waals surface area (Å²) in [5.74, 6) is 0. The first-order valence-corrected chi connectivity index (χ1v) is 7.73. The van der Waals surface area contributed by atoms with E-state index in [0.717, 1.165) is 6.04 Å². The van der Waals surface area contributed by atoms with Crippen LogP contribution in [0.25, 0.3) is 0 Å². The zero-order chi connectivity index (χ0) is 11.6. The molecule has 0 aromatic heterocycles. The van der Waals surface area contributed by atoms with Crippen LogP contribution in [0.2, 0.25) is 0 Å². The zero-order valence-corrected chi connectivity index (χ0v) is 12.0. The molecular formula is C15H33NO. The summed E-state index contributed by atoms with van der Waals surface area (Å²) < 4.78 is 0. The third-order valence-corrected chi connectivity index (χ3v) is 4.18. The highest BCUT2D eigenvalue weighted by Crippen LogP contribution is 2.16. The zero-order valence-electron chi connectivity index (χ0n) is 12.0. The van der Waals surface area contributed by atoms with E-state index >= 15 is 0 Å². The first-order chi connectivity index (χ1) is 7.88. The Kier molecular flexibility index (Phi) is 11.0. The molecule has 0 bridgehead atoms. The number of rotatable bonds is 2. The van der Waals surface area contributed by atoms with Gasteiger partial charge in [-0.05, 0) is 44.9 Å². The molecule has 0 amide bonds. The van der Waals surface area contributed by atoms with Crippen LogP contribution >= 0.6 is 0 Å². The molecule has 17 heavy (non-hydrogen) atoms. The van der Waals surface area contributed by atoms with E-state index in [-0.39, 0.29) is 5.48 Å². The Hall–Kier alpha value is -0.0800. The van der Waals surface area contributed by atoms with Gasteiger partial charge in [0.15, 0.2) is 0 Å². The van der Waals surface area contributed by atoms with Crippen LogP contribution in [0, 0.1) is 0 Å². The standard InChI is InChI=1S/C11H21N.C4H10.H2O/c1-3-7-11(8-4-1)12-9-5-2-6-10-12;1-3-4-2;/h11H,1-10H2;3-4H2,1-2H3;1H2. The van der Waals surface area contributed by atoms with Crippen LogP contribution in [-0.2, 0) is 0 Å². The second-order valence-electron chi connectivity index (χ2n) is 5.55. The summed E-state index contributed by atoms with van der Waals surface area (Å²) in [5.41, 5.74) is 0. The van der Waals surface area contributed by atoms with E-state index in [1.807, 2.05) is 4.90 Å². The second-order valence-corrected chi connectivity index (χ2v) is 5.55. The molecule has 2 aliphatic rings. The summed E-state index contributed by atoms with van der Waals surface area (Å²) in [6.07, 6.45) is 14.7. The molecule has 0 spiro atoms. The summed E-state index contributed by atoms with van der Waals surface area (Å²) in [7, 11) is 0. The molecule has 2 heteroatoms. The molecule has 0 radical (unpaired) electrons. The van der Waals surface area contributed by atoms with Crippen LogP contribution in [-0.4, -0.2) is 24.6 Å². The highest BCUT2D eigenvalue weighted by molar-refractivity contribution is 4.64. The lowest BCUT2D eigenvalue weighted by Gasteiger charge is -2.33. The van der Waals surface area contributed by atoms with Gasteiger partial charge in [-0.1, -0.05) is 33.1 Å². The van der Waals surface area contributed by atoms with Crippen molar-refractivity contribution in [1.82, 2.24) is 0 Å². The van der Waals surface area contributed by atoms with Gasteiger partial charge in [0.1, 0.15) is 0 Å². The topological polar surface area (TPSA) is 34.4 Å². The van der Waals surface area contributed by atoms with Crippen LogP contribution < -0.4 is 4.90 Å². The second kappa shape index (κ2) is 11.0. The van der Waals surface area contributed by atoms with Crippen molar-refractivity contribution in [2.75, 3.05) is 13.1 Å². The van der Waals surface area contributed by atoms with Crippen molar-refractivity contribution in [3.05, 3.63) is 0 Å². The summed E-state index contributed by atoms with van der Waals surface area (Å²) in [4.78, 5) is 1.95. The van der Waals surface area contributed by atoms with E-state index in [1.165, 1.54) is 77.3 Å². The molecule has 2 N–H and O–H groups in total. The minimum absolute atomic E-state index is 0. The Morgan fingerprint density at radius 1 is 0.765 bits per heavy atom. The fraction of sp³-hybridized carbons (Fsp3) is 1.00. The molecule has 0 atom stereocenters. The first-order valence-electron chi connectivity index (χ1n) is 7.73. The SMILES string of the molecule is C1CCC([NH+]2CCCCC2)CC1.CCCC.[OH-]. The number of piperidine rings is 1. The van der Waals surface area contributed by atoms with Crippen molar-refractivity contribution in [3.63, 3.8) is 0 Å². The van der Waals surface area contributed by atoms with Crippen molar-refractivity contribution in [3.8, 4) is 0 Å². The highest BCUT2D eigenvalue weighted by atomic mass is 16.0. The Balaban J connectivity index is 0.000000453. The Labute approximate surface area is 108 Å². The normalized spacial score (nSPS) is 22.2. The van der Waals surface area contributed by atoms with Gasteiger partial charge in [-0.25, -0.2) is 0 Å². The third-order valence-electron chi connectivity index (χ3n) is 4.18. The van der Waals surface area contributed by atoms with Crippen LogP contribution in [0.1, 0.15) is 78.1 Å². The number of hydrogen-bond donors (Lipinski definition) is 1. The fourth-order valence-electron chi connectivity index (χ4n) is 2.92. The quantitative estimate of drug-likeness (QED) is 0.795. The van der Waals surface area contributed by atoms with Gasteiger partial charge in [0.2, 0.25) is 0 Å². The van der Waals surface area contributed by atoms with E-state index in [0.29, 0.717) is 0 Å². The van der Waals surface area contributed by atoms with Crippen LogP contribution in [0.3, 0.4) is 0 Å². The van der Waals surface area contributed by atoms with Crippen molar-refractivity contribution >= 4 is 0 Å². The molecule has 2 fully saturated rings. The molecule has 2 rings (SSSR count). The van der Waals surface area contributed by atoms with Gasteiger partial charge in [0, 0.05) is 0 Å². The number of quaternary nitrogens is 1. The van der Waals surface area contributed by atoms with Gasteiger partial charge in [-0.2, -0.15) is 0 Å². The van der Waals surface area contributed by atoms with Gasteiger partial charge in [-0.15, -0.1) is 0 Å². The van der Waals surface area contributed by atoms with Gasteiger partial charge >= 0.3 is 0 Å². The van der Waals surface area contributed by atoms with Crippen LogP contribution in [0.5, 0.6) is 0 Å². The average Bonchev–Trinajstić information content (AvgIpc) is 2.41. The summed E-state index contributed by atoms with van der Waals surface area (Å²) in [6.45, 7) is 7.31. The van der Waals surface area contributed by atoms with Gasteiger partial charge < -0.3 is 10.4 Å². The number of unbranched alkanes of at least 4 members (excludes halogenated alkanes) is 1.